The number of hydrogen-bond donors (Lipinski definition) is 2. The second-order valence-electron chi connectivity index (χ2n) is 13.6. The molecule has 2 fully saturated rings. The van der Waals surface area contributed by atoms with Crippen LogP contribution in [0.2, 0.25) is 0 Å². The first-order valence-electron chi connectivity index (χ1n) is 17.4. The van der Waals surface area contributed by atoms with Crippen LogP contribution in [0, 0.1) is 5.92 Å². The van der Waals surface area contributed by atoms with E-state index in [1.165, 1.54) is 9.96 Å². The lowest BCUT2D eigenvalue weighted by atomic mass is 9.88. The summed E-state index contributed by atoms with van der Waals surface area (Å²) >= 11 is 0. The standard InChI is InChI=1S/C40H45N5O5/c1-27(2)23-35-39(48)44-34(19-20-36(41)46)38(47)43(25-28-17-18-29-11-9-10-16-32(29)24-28)26-37(44)45(50-35)40(49)42-22-21-33(30-12-5-3-6-13-30)31-14-7-4-8-15-31/h3-18,24,27,33-35,37H,19-23,25-26H2,1-2H3,(H2,41,46)(H,42,49)/t34-,35+,37?/m0/s1. The molecule has 6 rings (SSSR count). The number of amides is 5. The molecule has 0 aliphatic carbocycles. The molecule has 0 bridgehead atoms. The minimum absolute atomic E-state index is 0.0446. The van der Waals surface area contributed by atoms with E-state index in [4.69, 9.17) is 10.6 Å². The third-order valence-electron chi connectivity index (χ3n) is 9.53. The summed E-state index contributed by atoms with van der Waals surface area (Å²) in [4.78, 5) is 63.6. The number of piperazine rings is 1. The normalized spacial score (nSPS) is 19.3. The van der Waals surface area contributed by atoms with Gasteiger partial charge in [0.05, 0.1) is 6.54 Å². The van der Waals surface area contributed by atoms with Crippen LogP contribution >= 0.6 is 0 Å². The summed E-state index contributed by atoms with van der Waals surface area (Å²) in [6.07, 6.45) is -0.920. The topological polar surface area (TPSA) is 125 Å². The predicted octanol–water partition coefficient (Wildman–Crippen LogP) is 5.56. The number of benzene rings is 4. The molecule has 10 nitrogen and oxygen atoms in total. The lowest BCUT2D eigenvalue weighted by Gasteiger charge is -2.53. The number of urea groups is 1. The van der Waals surface area contributed by atoms with Crippen molar-refractivity contribution in [3.63, 3.8) is 0 Å². The highest BCUT2D eigenvalue weighted by Crippen LogP contribution is 2.33. The molecular formula is C40H45N5O5. The molecule has 2 heterocycles. The van der Waals surface area contributed by atoms with E-state index in [0.29, 0.717) is 19.4 Å². The third-order valence-corrected chi connectivity index (χ3v) is 9.53. The molecule has 0 saturated carbocycles. The SMILES string of the molecule is CC(C)C[C@H]1ON(C(=O)NCCC(c2ccccc2)c2ccccc2)C2CN(Cc3ccc4ccccc4c3)C(=O)[C@H](CCC(N)=O)N2C1=O. The molecule has 50 heavy (non-hydrogen) atoms. The maximum atomic E-state index is 14.1. The molecule has 2 saturated heterocycles. The molecule has 4 aromatic rings. The van der Waals surface area contributed by atoms with Gasteiger partial charge in [-0.25, -0.2) is 4.79 Å². The number of primary amides is 1. The molecule has 3 N–H and O–H groups in total. The van der Waals surface area contributed by atoms with Crippen LogP contribution in [0.5, 0.6) is 0 Å². The van der Waals surface area contributed by atoms with Crippen molar-refractivity contribution < 1.29 is 24.0 Å². The van der Waals surface area contributed by atoms with Crippen LogP contribution in [0.1, 0.15) is 62.1 Å². The van der Waals surface area contributed by atoms with Crippen LogP contribution in [0.4, 0.5) is 4.79 Å². The van der Waals surface area contributed by atoms with Crippen LogP contribution in [0.15, 0.2) is 103 Å². The number of fused-ring (bicyclic) bond motifs is 2. The van der Waals surface area contributed by atoms with Gasteiger partial charge in [0.15, 0.2) is 12.3 Å². The molecular weight excluding hydrogens is 630 g/mol. The van der Waals surface area contributed by atoms with E-state index in [1.54, 1.807) is 4.90 Å². The molecule has 10 heteroatoms. The number of nitrogens with two attached hydrogens (primary N) is 1. The van der Waals surface area contributed by atoms with Crippen molar-refractivity contribution in [2.45, 2.75) is 70.3 Å². The maximum Gasteiger partial charge on any atom is 0.343 e. The van der Waals surface area contributed by atoms with Crippen LogP contribution in [0.25, 0.3) is 10.8 Å². The van der Waals surface area contributed by atoms with E-state index < -0.39 is 30.2 Å². The van der Waals surface area contributed by atoms with E-state index in [1.807, 2.05) is 92.7 Å². The molecule has 5 amide bonds. The smallest absolute Gasteiger partial charge is 0.343 e. The Kier molecular flexibility index (Phi) is 10.8. The van der Waals surface area contributed by atoms with Gasteiger partial charge in [0, 0.05) is 25.4 Å². The van der Waals surface area contributed by atoms with Gasteiger partial charge in [-0.2, -0.15) is 5.06 Å². The van der Waals surface area contributed by atoms with Crippen molar-refractivity contribution >= 4 is 34.5 Å². The summed E-state index contributed by atoms with van der Waals surface area (Å²) in [6, 6.07) is 32.9. The van der Waals surface area contributed by atoms with Crippen LogP contribution in [-0.4, -0.2) is 70.0 Å². The quantitative estimate of drug-likeness (QED) is 0.203. The third kappa shape index (κ3) is 7.81. The van der Waals surface area contributed by atoms with Crippen molar-refractivity contribution in [1.82, 2.24) is 20.2 Å². The molecule has 2 aliphatic rings. The Balaban J connectivity index is 1.27. The average Bonchev–Trinajstić information content (AvgIpc) is 3.11. The van der Waals surface area contributed by atoms with Gasteiger partial charge >= 0.3 is 6.03 Å². The first-order chi connectivity index (χ1) is 24.2. The second-order valence-corrected chi connectivity index (χ2v) is 13.6. The lowest BCUT2D eigenvalue weighted by molar-refractivity contribution is -0.262. The first-order valence-corrected chi connectivity index (χ1v) is 17.4. The summed E-state index contributed by atoms with van der Waals surface area (Å²) in [6.45, 7) is 4.59. The number of nitrogens with one attached hydrogen (secondary N) is 1. The minimum Gasteiger partial charge on any atom is -0.370 e. The molecule has 0 radical (unpaired) electrons. The molecule has 2 aliphatic heterocycles. The summed E-state index contributed by atoms with van der Waals surface area (Å²) in [5.41, 5.74) is 8.72. The minimum atomic E-state index is -0.983. The first kappa shape index (κ1) is 34.6. The number of rotatable bonds is 12. The maximum absolute atomic E-state index is 14.1. The van der Waals surface area contributed by atoms with Gasteiger partial charge in [-0.15, -0.1) is 0 Å². The Morgan fingerprint density at radius 3 is 2.14 bits per heavy atom. The summed E-state index contributed by atoms with van der Waals surface area (Å²) in [5, 5.41) is 6.42. The Morgan fingerprint density at radius 1 is 0.860 bits per heavy atom. The zero-order valence-corrected chi connectivity index (χ0v) is 28.6. The van der Waals surface area contributed by atoms with E-state index >= 15 is 0 Å². The largest absolute Gasteiger partial charge is 0.370 e. The fourth-order valence-corrected chi connectivity index (χ4v) is 7.11. The van der Waals surface area contributed by atoms with Gasteiger partial charge in [-0.1, -0.05) is 111 Å². The number of hydrogen-bond acceptors (Lipinski definition) is 5. The highest BCUT2D eigenvalue weighted by atomic mass is 16.7. The van der Waals surface area contributed by atoms with Crippen LogP contribution in [-0.2, 0) is 25.8 Å². The van der Waals surface area contributed by atoms with Crippen molar-refractivity contribution in [1.29, 1.82) is 0 Å². The lowest BCUT2D eigenvalue weighted by Crippen LogP contribution is -2.74. The average molecular weight is 676 g/mol. The van der Waals surface area contributed by atoms with Crippen molar-refractivity contribution in [2.75, 3.05) is 13.1 Å². The van der Waals surface area contributed by atoms with Crippen molar-refractivity contribution in [3.8, 4) is 0 Å². The van der Waals surface area contributed by atoms with Crippen molar-refractivity contribution in [3.05, 3.63) is 120 Å². The van der Waals surface area contributed by atoms with Gasteiger partial charge in [0.1, 0.15) is 6.04 Å². The Morgan fingerprint density at radius 2 is 1.50 bits per heavy atom. The van der Waals surface area contributed by atoms with Gasteiger partial charge in [-0.05, 0) is 58.7 Å². The van der Waals surface area contributed by atoms with Gasteiger partial charge in [0.2, 0.25) is 11.8 Å². The van der Waals surface area contributed by atoms with E-state index in [2.05, 4.69) is 29.6 Å². The highest BCUT2D eigenvalue weighted by Gasteiger charge is 2.52. The fourth-order valence-electron chi connectivity index (χ4n) is 7.11. The molecule has 0 aromatic heterocycles. The number of nitrogens with zero attached hydrogens (tertiary/aromatic N) is 3. The fraction of sp³-hybridized carbons (Fsp3) is 0.350. The summed E-state index contributed by atoms with van der Waals surface area (Å²) in [7, 11) is 0. The van der Waals surface area contributed by atoms with Crippen LogP contribution < -0.4 is 11.1 Å². The number of carbonyl (C=O) groups excluding carboxylic acids is 4. The summed E-state index contributed by atoms with van der Waals surface area (Å²) < 4.78 is 0. The van der Waals surface area contributed by atoms with Gasteiger partial charge in [0.25, 0.3) is 5.91 Å². The van der Waals surface area contributed by atoms with Crippen molar-refractivity contribution in [2.24, 2.45) is 11.7 Å². The number of hydroxylamine groups is 2. The Hall–Kier alpha value is -5.22. The predicted molar refractivity (Wildman–Crippen MR) is 191 cm³/mol. The van der Waals surface area contributed by atoms with Gasteiger partial charge < -0.3 is 20.9 Å². The van der Waals surface area contributed by atoms with E-state index in [9.17, 15) is 19.2 Å². The second kappa shape index (κ2) is 15.6. The molecule has 0 spiro atoms. The van der Waals surface area contributed by atoms with Gasteiger partial charge in [-0.3, -0.25) is 19.2 Å². The van der Waals surface area contributed by atoms with Crippen LogP contribution in [0.3, 0.4) is 0 Å². The Labute approximate surface area is 293 Å². The summed E-state index contributed by atoms with van der Waals surface area (Å²) in [5.74, 6) is -1.09. The molecule has 260 valence electrons. The molecule has 1 unspecified atom stereocenters. The van der Waals surface area contributed by atoms with E-state index in [0.717, 1.165) is 27.5 Å². The molecule has 4 aromatic carbocycles. The highest BCUT2D eigenvalue weighted by molar-refractivity contribution is 5.93. The van der Waals surface area contributed by atoms with E-state index in [-0.39, 0.29) is 49.6 Å². The monoisotopic (exact) mass is 675 g/mol. The number of carbonyl (C=O) groups is 4. The zero-order valence-electron chi connectivity index (χ0n) is 28.6. The zero-order chi connectivity index (χ0) is 35.2. The molecule has 3 atom stereocenters. The Bertz CT molecular complexity index is 1780.